The lowest BCUT2D eigenvalue weighted by molar-refractivity contribution is 0.632. The summed E-state index contributed by atoms with van der Waals surface area (Å²) in [4.78, 5) is 4.03. The van der Waals surface area contributed by atoms with Crippen molar-refractivity contribution in [1.29, 1.82) is 0 Å². The number of pyridine rings is 1. The van der Waals surface area contributed by atoms with Crippen LogP contribution in [-0.4, -0.2) is 10.5 Å². The second-order valence-corrected chi connectivity index (χ2v) is 4.11. The van der Waals surface area contributed by atoms with E-state index >= 15 is 0 Å². The predicted octanol–water partition coefficient (Wildman–Crippen LogP) is 1.75. The highest BCUT2D eigenvalue weighted by atomic mass is 15.0. The molecule has 3 heteroatoms. The van der Waals surface area contributed by atoms with E-state index in [0.717, 1.165) is 11.3 Å². The molecule has 0 aliphatic carbocycles. The first-order valence-electron chi connectivity index (χ1n) is 4.44. The summed E-state index contributed by atoms with van der Waals surface area (Å²) in [6.07, 6.45) is 3.57. The predicted molar refractivity (Wildman–Crippen MR) is 55.5 cm³/mol. The van der Waals surface area contributed by atoms with Gasteiger partial charge >= 0.3 is 0 Å². The van der Waals surface area contributed by atoms with E-state index in [1.54, 1.807) is 12.4 Å². The van der Waals surface area contributed by atoms with Crippen LogP contribution < -0.4 is 11.1 Å². The standard InChI is InChI=1S/C10H17N3/c1-10(2,3)13-9-4-5-12-7-8(9)6-11/h4-5,7H,6,11H2,1-3H3,(H,12,13). The Morgan fingerprint density at radius 3 is 2.69 bits per heavy atom. The molecule has 0 saturated heterocycles. The third-order valence-corrected chi connectivity index (χ3v) is 1.63. The van der Waals surface area contributed by atoms with E-state index in [0.29, 0.717) is 6.54 Å². The van der Waals surface area contributed by atoms with E-state index in [4.69, 9.17) is 5.73 Å². The molecule has 0 spiro atoms. The van der Waals surface area contributed by atoms with Crippen LogP contribution in [0.15, 0.2) is 18.5 Å². The lowest BCUT2D eigenvalue weighted by Crippen LogP contribution is -2.27. The maximum Gasteiger partial charge on any atom is 0.0420 e. The van der Waals surface area contributed by atoms with Gasteiger partial charge in [-0.1, -0.05) is 0 Å². The van der Waals surface area contributed by atoms with Crippen LogP contribution in [-0.2, 0) is 6.54 Å². The molecule has 0 atom stereocenters. The van der Waals surface area contributed by atoms with Crippen molar-refractivity contribution in [3.8, 4) is 0 Å². The van der Waals surface area contributed by atoms with Crippen molar-refractivity contribution in [3.05, 3.63) is 24.0 Å². The quantitative estimate of drug-likeness (QED) is 0.727. The van der Waals surface area contributed by atoms with Gasteiger partial charge in [0.15, 0.2) is 0 Å². The molecule has 0 amide bonds. The lowest BCUT2D eigenvalue weighted by atomic mass is 10.1. The molecule has 1 aromatic rings. The molecule has 0 bridgehead atoms. The fourth-order valence-corrected chi connectivity index (χ4v) is 1.12. The average molecular weight is 179 g/mol. The molecular weight excluding hydrogens is 162 g/mol. The summed E-state index contributed by atoms with van der Waals surface area (Å²) in [6.45, 7) is 6.88. The molecule has 0 aromatic carbocycles. The first-order chi connectivity index (χ1) is 6.03. The molecule has 13 heavy (non-hydrogen) atoms. The van der Waals surface area contributed by atoms with Gasteiger partial charge in [0.05, 0.1) is 0 Å². The van der Waals surface area contributed by atoms with E-state index in [1.807, 2.05) is 6.07 Å². The second kappa shape index (κ2) is 3.75. The van der Waals surface area contributed by atoms with Crippen molar-refractivity contribution in [1.82, 2.24) is 4.98 Å². The maximum absolute atomic E-state index is 5.59. The molecular formula is C10H17N3. The van der Waals surface area contributed by atoms with Crippen LogP contribution in [0.4, 0.5) is 5.69 Å². The van der Waals surface area contributed by atoms with Gasteiger partial charge in [-0.2, -0.15) is 0 Å². The molecule has 1 rings (SSSR count). The molecule has 1 aromatic heterocycles. The Kier molecular flexibility index (Phi) is 2.88. The van der Waals surface area contributed by atoms with Crippen LogP contribution in [0.2, 0.25) is 0 Å². The minimum Gasteiger partial charge on any atom is -0.380 e. The lowest BCUT2D eigenvalue weighted by Gasteiger charge is -2.23. The number of nitrogens with two attached hydrogens (primary N) is 1. The zero-order valence-corrected chi connectivity index (χ0v) is 8.46. The molecule has 1 heterocycles. The van der Waals surface area contributed by atoms with Crippen LogP contribution in [0.5, 0.6) is 0 Å². The largest absolute Gasteiger partial charge is 0.380 e. The zero-order valence-electron chi connectivity index (χ0n) is 8.46. The highest BCUT2D eigenvalue weighted by Gasteiger charge is 2.10. The minimum atomic E-state index is 0.0608. The highest BCUT2D eigenvalue weighted by Crippen LogP contribution is 2.17. The van der Waals surface area contributed by atoms with Crippen molar-refractivity contribution in [2.75, 3.05) is 5.32 Å². The van der Waals surface area contributed by atoms with Crippen LogP contribution in [0, 0.1) is 0 Å². The smallest absolute Gasteiger partial charge is 0.0420 e. The van der Waals surface area contributed by atoms with Gasteiger partial charge in [-0.25, -0.2) is 0 Å². The molecule has 0 aliphatic rings. The van der Waals surface area contributed by atoms with Crippen molar-refractivity contribution < 1.29 is 0 Å². The summed E-state index contributed by atoms with van der Waals surface area (Å²) in [6, 6.07) is 1.95. The molecule has 0 fully saturated rings. The van der Waals surface area contributed by atoms with E-state index in [-0.39, 0.29) is 5.54 Å². The molecule has 3 nitrogen and oxygen atoms in total. The summed E-state index contributed by atoms with van der Waals surface area (Å²) < 4.78 is 0. The van der Waals surface area contributed by atoms with Crippen molar-refractivity contribution in [2.24, 2.45) is 5.73 Å². The number of hydrogen-bond donors (Lipinski definition) is 2. The van der Waals surface area contributed by atoms with Gasteiger partial charge in [0.1, 0.15) is 0 Å². The summed E-state index contributed by atoms with van der Waals surface area (Å²) >= 11 is 0. The normalized spacial score (nSPS) is 11.4. The number of nitrogens with zero attached hydrogens (tertiary/aromatic N) is 1. The van der Waals surface area contributed by atoms with Gasteiger partial charge < -0.3 is 11.1 Å². The van der Waals surface area contributed by atoms with Crippen molar-refractivity contribution >= 4 is 5.69 Å². The number of hydrogen-bond acceptors (Lipinski definition) is 3. The van der Waals surface area contributed by atoms with Crippen molar-refractivity contribution in [3.63, 3.8) is 0 Å². The Morgan fingerprint density at radius 1 is 1.46 bits per heavy atom. The van der Waals surface area contributed by atoms with Gasteiger partial charge in [-0.3, -0.25) is 4.98 Å². The van der Waals surface area contributed by atoms with E-state index < -0.39 is 0 Å². The van der Waals surface area contributed by atoms with Gasteiger partial charge in [0.25, 0.3) is 0 Å². The average Bonchev–Trinajstić information content (AvgIpc) is 2.02. The zero-order chi connectivity index (χ0) is 9.90. The minimum absolute atomic E-state index is 0.0608. The summed E-state index contributed by atoms with van der Waals surface area (Å²) in [7, 11) is 0. The Morgan fingerprint density at radius 2 is 2.15 bits per heavy atom. The fraction of sp³-hybridized carbons (Fsp3) is 0.500. The topological polar surface area (TPSA) is 50.9 Å². The molecule has 3 N–H and O–H groups in total. The summed E-state index contributed by atoms with van der Waals surface area (Å²) in [5.41, 5.74) is 7.78. The third-order valence-electron chi connectivity index (χ3n) is 1.63. The Balaban J connectivity index is 2.87. The molecule has 0 radical (unpaired) electrons. The molecule has 0 unspecified atom stereocenters. The van der Waals surface area contributed by atoms with Crippen molar-refractivity contribution in [2.45, 2.75) is 32.9 Å². The first kappa shape index (κ1) is 9.99. The summed E-state index contributed by atoms with van der Waals surface area (Å²) in [5.74, 6) is 0. The number of anilines is 1. The van der Waals surface area contributed by atoms with Gasteiger partial charge in [0, 0.05) is 35.7 Å². The van der Waals surface area contributed by atoms with Crippen LogP contribution in [0.25, 0.3) is 0 Å². The third kappa shape index (κ3) is 3.03. The van der Waals surface area contributed by atoms with E-state index in [2.05, 4.69) is 31.1 Å². The first-order valence-corrected chi connectivity index (χ1v) is 4.44. The Labute approximate surface area is 79.4 Å². The van der Waals surface area contributed by atoms with Gasteiger partial charge in [0.2, 0.25) is 0 Å². The SMILES string of the molecule is CC(C)(C)Nc1ccncc1CN. The van der Waals surface area contributed by atoms with E-state index in [1.165, 1.54) is 0 Å². The molecule has 0 saturated carbocycles. The summed E-state index contributed by atoms with van der Waals surface area (Å²) in [5, 5.41) is 3.38. The van der Waals surface area contributed by atoms with Crippen LogP contribution in [0.3, 0.4) is 0 Å². The molecule has 0 aliphatic heterocycles. The van der Waals surface area contributed by atoms with Gasteiger partial charge in [-0.05, 0) is 26.8 Å². The maximum atomic E-state index is 5.59. The van der Waals surface area contributed by atoms with Crippen LogP contribution in [0.1, 0.15) is 26.3 Å². The number of nitrogens with one attached hydrogen (secondary N) is 1. The van der Waals surface area contributed by atoms with E-state index in [9.17, 15) is 0 Å². The Bertz CT molecular complexity index is 276. The fourth-order valence-electron chi connectivity index (χ4n) is 1.12. The van der Waals surface area contributed by atoms with Crippen LogP contribution >= 0.6 is 0 Å². The van der Waals surface area contributed by atoms with Gasteiger partial charge in [-0.15, -0.1) is 0 Å². The Hall–Kier alpha value is -1.09. The number of aromatic nitrogens is 1. The molecule has 72 valence electrons. The monoisotopic (exact) mass is 179 g/mol. The number of rotatable bonds is 2. The second-order valence-electron chi connectivity index (χ2n) is 4.11. The highest BCUT2D eigenvalue weighted by molar-refractivity contribution is 5.50.